The van der Waals surface area contributed by atoms with Crippen LogP contribution >= 0.6 is 46.4 Å². The van der Waals surface area contributed by atoms with Gasteiger partial charge in [-0.15, -0.1) is 0 Å². The third-order valence-electron chi connectivity index (χ3n) is 21.3. The molecule has 7 aliphatic rings. The van der Waals surface area contributed by atoms with E-state index in [0.717, 1.165) is 73.8 Å². The van der Waals surface area contributed by atoms with Crippen LogP contribution in [0.3, 0.4) is 0 Å². The number of likely N-dealkylation sites (N-methyl/N-ethyl adjacent to an activating group) is 1. The van der Waals surface area contributed by atoms with Gasteiger partial charge in [0.25, 0.3) is 5.91 Å². The van der Waals surface area contributed by atoms with E-state index in [0.29, 0.717) is 10.6 Å². The number of aromatic nitrogens is 2. The monoisotopic (exact) mass is 1810 g/mol. The SMILES string of the molecule is CNC(CC(C)C)C(=O)NC1C(=O)NC(CC(N)=O)C(=O)NC2C(=O)NC3C(=O)NC(C(=O)N[C@@H](C(=O)NOC)c4cc(O)cc(O)c4-c4cc3ccc4O)C(O)c3ccc(c(Cl)c3)Oc3cc2cc(c3OC2OC(CO)C(O)C(O)C2OC2C[C@](C)(NCCn3ccc(NC(=O)/C=C/c4ccc(Cl)c(Cl)c4)nc3=O)C(O)C(C)O2)Oc2ccc(cc2Cl)C1O. The van der Waals surface area contributed by atoms with Gasteiger partial charge in [0.15, 0.2) is 23.9 Å². The lowest BCUT2D eigenvalue weighted by atomic mass is 9.85. The number of aromatic hydroxyl groups is 3. The number of benzene rings is 6. The Kier molecular flexibility index (Phi) is 29.3. The molecule has 2 fully saturated rings. The topological polar surface area (TPSA) is 582 Å². The van der Waals surface area contributed by atoms with E-state index in [1.54, 1.807) is 25.1 Å². The summed E-state index contributed by atoms with van der Waals surface area (Å²) in [6.45, 7) is 5.57. The predicted octanol–water partition coefficient (Wildman–Crippen LogP) is 2.55. The van der Waals surface area contributed by atoms with E-state index < -0.39 is 254 Å². The van der Waals surface area contributed by atoms with Gasteiger partial charge in [0.05, 0.1) is 58.5 Å². The summed E-state index contributed by atoms with van der Waals surface area (Å²) in [7, 11) is 2.50. The fourth-order valence-electron chi connectivity index (χ4n) is 14.9. The van der Waals surface area contributed by atoms with Gasteiger partial charge < -0.3 is 128 Å². The molecule has 14 rings (SSSR count). The molecule has 7 aliphatic heterocycles. The maximum absolute atomic E-state index is 16.3. The van der Waals surface area contributed by atoms with E-state index in [9.17, 15) is 69.9 Å². The number of carbonyl (C=O) groups excluding carboxylic acids is 9. The third-order valence-corrected chi connectivity index (χ3v) is 22.7. The number of halogens is 4. The Balaban J connectivity index is 0.992. The number of nitrogens with two attached hydrogens (primary N) is 1. The second kappa shape index (κ2) is 39.5. The number of ether oxygens (including phenoxy) is 6. The van der Waals surface area contributed by atoms with E-state index in [-0.39, 0.29) is 65.1 Å². The summed E-state index contributed by atoms with van der Waals surface area (Å²) in [5, 5.41) is 130. The molecule has 1 aromatic heterocycles. The summed E-state index contributed by atoms with van der Waals surface area (Å²) < 4.78 is 40.6. The number of hydrogen-bond donors (Lipinski definition) is 20. The number of aliphatic hydroxyl groups is 6. The quantitative estimate of drug-likeness (QED) is 0.0363. The van der Waals surface area contributed by atoms with Crippen molar-refractivity contribution in [3.05, 3.63) is 179 Å². The number of rotatable bonds is 21. The van der Waals surface area contributed by atoms with Crippen LogP contribution in [0.5, 0.6) is 46.0 Å². The molecule has 8 heterocycles. The van der Waals surface area contributed by atoms with Crippen LogP contribution in [0.2, 0.25) is 20.1 Å². The molecule has 39 nitrogen and oxygen atoms in total. The molecule has 0 radical (unpaired) electrons. The van der Waals surface area contributed by atoms with Crippen LogP contribution in [-0.4, -0.2) is 215 Å². The Morgan fingerprint density at radius 1 is 0.712 bits per heavy atom. The zero-order chi connectivity index (χ0) is 90.5. The molecule has 0 spiro atoms. The number of anilines is 1. The molecular weight excluding hydrogens is 1720 g/mol. The molecule has 666 valence electrons. The van der Waals surface area contributed by atoms with Gasteiger partial charge in [-0.05, 0) is 145 Å². The third kappa shape index (κ3) is 21.1. The molecule has 9 amide bonds. The number of fused-ring (bicyclic) bond motifs is 15. The van der Waals surface area contributed by atoms with Crippen molar-refractivity contribution in [3.8, 4) is 57.1 Å². The normalized spacial score (nSPS) is 26.0. The van der Waals surface area contributed by atoms with E-state index in [1.165, 1.54) is 55.1 Å². The summed E-state index contributed by atoms with van der Waals surface area (Å²) in [5.41, 5.74) is 3.56. The average Bonchev–Trinajstić information content (AvgIpc) is 0.749. The van der Waals surface area contributed by atoms with Gasteiger partial charge in [0, 0.05) is 54.5 Å². The summed E-state index contributed by atoms with van der Waals surface area (Å²) in [5.74, 6) is -16.2. The van der Waals surface area contributed by atoms with Crippen molar-refractivity contribution in [2.75, 3.05) is 32.6 Å². The number of hydroxylamine groups is 1. The van der Waals surface area contributed by atoms with Crippen molar-refractivity contribution in [2.24, 2.45) is 11.7 Å². The van der Waals surface area contributed by atoms with Crippen molar-refractivity contribution in [3.63, 3.8) is 0 Å². The number of aliphatic hydroxyl groups excluding tert-OH is 6. The summed E-state index contributed by atoms with van der Waals surface area (Å²) >= 11 is 26.5. The highest BCUT2D eigenvalue weighted by Crippen LogP contribution is 2.50. The highest BCUT2D eigenvalue weighted by molar-refractivity contribution is 6.42. The molecular formula is C82H89Cl4N13O26. The number of nitrogens with zero attached hydrogens (tertiary/aromatic N) is 2. The molecule has 18 atom stereocenters. The zero-order valence-electron chi connectivity index (χ0n) is 67.1. The Labute approximate surface area is 731 Å². The minimum atomic E-state index is -2.39. The lowest BCUT2D eigenvalue weighted by molar-refractivity contribution is -0.334. The Hall–Kier alpha value is -11.4. The summed E-state index contributed by atoms with van der Waals surface area (Å²) in [6.07, 6.45) is -15.5. The summed E-state index contributed by atoms with van der Waals surface area (Å²) in [6, 6.07) is 5.65. The molecule has 0 aliphatic carbocycles. The highest BCUT2D eigenvalue weighted by Gasteiger charge is 2.52. The van der Waals surface area contributed by atoms with Crippen molar-refractivity contribution in [2.45, 2.75) is 163 Å². The first-order chi connectivity index (χ1) is 59.3. The number of amides is 9. The minimum absolute atomic E-state index is 0.0445. The first-order valence-corrected chi connectivity index (χ1v) is 40.4. The van der Waals surface area contributed by atoms with Crippen LogP contribution in [0.4, 0.5) is 5.82 Å². The molecule has 6 aromatic carbocycles. The molecule has 21 N–H and O–H groups in total. The van der Waals surface area contributed by atoms with Crippen molar-refractivity contribution in [1.29, 1.82) is 0 Å². The van der Waals surface area contributed by atoms with Crippen LogP contribution in [0.1, 0.15) is 111 Å². The van der Waals surface area contributed by atoms with Crippen LogP contribution < -0.4 is 79.0 Å². The van der Waals surface area contributed by atoms with Gasteiger partial charge in [0.1, 0.15) is 101 Å². The maximum atomic E-state index is 16.3. The fraction of sp³-hybridized carbons (Fsp3) is 0.378. The molecule has 16 unspecified atom stereocenters. The minimum Gasteiger partial charge on any atom is -0.508 e. The van der Waals surface area contributed by atoms with Crippen LogP contribution in [0, 0.1) is 5.92 Å². The van der Waals surface area contributed by atoms with Gasteiger partial charge in [-0.1, -0.05) is 84.5 Å². The number of hydrogen-bond acceptors (Lipinski definition) is 29. The van der Waals surface area contributed by atoms with Crippen LogP contribution in [0.15, 0.2) is 120 Å². The fourth-order valence-corrected chi connectivity index (χ4v) is 15.7. The highest BCUT2D eigenvalue weighted by atomic mass is 35.5. The lowest BCUT2D eigenvalue weighted by Crippen LogP contribution is -2.65. The van der Waals surface area contributed by atoms with Gasteiger partial charge in [-0.2, -0.15) is 4.98 Å². The van der Waals surface area contributed by atoms with E-state index in [2.05, 4.69) is 58.3 Å². The number of carbonyl (C=O) groups is 9. The number of phenolic OH excluding ortho intramolecular Hbond substituents is 3. The van der Waals surface area contributed by atoms with Crippen LogP contribution in [0.25, 0.3) is 17.2 Å². The van der Waals surface area contributed by atoms with Gasteiger partial charge in [-0.3, -0.25) is 52.6 Å². The van der Waals surface area contributed by atoms with Crippen molar-refractivity contribution in [1.82, 2.24) is 57.6 Å². The second-order valence-corrected chi connectivity index (χ2v) is 32.3. The zero-order valence-corrected chi connectivity index (χ0v) is 70.2. The summed E-state index contributed by atoms with van der Waals surface area (Å²) in [4.78, 5) is 155. The molecule has 0 saturated carbocycles. The second-order valence-electron chi connectivity index (χ2n) is 30.7. The first-order valence-electron chi connectivity index (χ1n) is 38.9. The van der Waals surface area contributed by atoms with Crippen LogP contribution in [-0.2, 0) is 68.7 Å². The molecule has 11 bridgehead atoms. The molecule has 125 heavy (non-hydrogen) atoms. The van der Waals surface area contributed by atoms with E-state index in [1.807, 2.05) is 13.8 Å². The van der Waals surface area contributed by atoms with Crippen molar-refractivity contribution >= 4 is 111 Å². The van der Waals surface area contributed by atoms with E-state index >= 15 is 24.0 Å². The molecule has 7 aromatic rings. The van der Waals surface area contributed by atoms with Crippen molar-refractivity contribution < 1.29 is 122 Å². The Morgan fingerprint density at radius 2 is 1.37 bits per heavy atom. The molecule has 43 heteroatoms. The van der Waals surface area contributed by atoms with Gasteiger partial charge in [0.2, 0.25) is 59.3 Å². The van der Waals surface area contributed by atoms with Gasteiger partial charge >= 0.3 is 5.69 Å². The standard InChI is InChI=1S/C82H89Cl4N13O26/c1-33(2)21-47(88-5)73(111)96-64-66(106)37-10-14-51(45(85)24-37)121-53-26-39-27-54(70(53)125-80-71(69(109)68(108)55(32-100)123-80)124-59-31-82(4,72(110)34(3)120-59)89-18-20-99-19-17-57(92-81(99)118)91-58(105)16-8-35-7-12-43(83)44(84)22-35)122-52-15-11-38(25-46(52)86)67(107)65-78(116)95-63(79(117)98-119-6)42-28-40(101)29-50(103)60(42)41-23-36(9-13-49(41)102)61(75(113)97-65)94-76(114)62(39)93-74(112)48(30-56(87)104)90-77(64)115/h7-17,19,22-29,33-34,47-48,55,59,61-69,71-72,80,88-89,100-103,106-110H,18,20-21,30-32H2,1-6H3,(H2,87,104)(H,90,115)(H,93,112)(H,94,114)(H,95,116)(H,96,111)(H,97,113)(H,98,117)(H,91,92,105,118)/b16-8+/t34?,47?,48?,55?,59?,61?,62?,63-,64?,65?,66?,67?,68?,69?,71?,72?,80?,82+/m1/s1. The predicted molar refractivity (Wildman–Crippen MR) is 443 cm³/mol. The number of phenols is 3. The maximum Gasteiger partial charge on any atom is 0.349 e. The largest absolute Gasteiger partial charge is 0.508 e. The average molecular weight is 1810 g/mol. The molecule has 2 saturated heterocycles. The smallest absolute Gasteiger partial charge is 0.349 e. The lowest BCUT2D eigenvalue weighted by Gasteiger charge is -2.48. The first kappa shape index (κ1) is 92.8. The van der Waals surface area contributed by atoms with E-state index in [4.69, 9.17) is 85.4 Å². The number of primary amides is 1. The number of nitrogens with one attached hydrogen (secondary N) is 10. The Bertz CT molecular complexity index is 5420. The van der Waals surface area contributed by atoms with Gasteiger partial charge in [-0.25, -0.2) is 10.3 Å². The Morgan fingerprint density at radius 3 is 2.00 bits per heavy atom.